The lowest BCUT2D eigenvalue weighted by atomic mass is 9.86. The molecule has 0 heterocycles. The lowest BCUT2D eigenvalue weighted by molar-refractivity contribution is -0.142. The van der Waals surface area contributed by atoms with Crippen LogP contribution < -0.4 is 10.1 Å². The normalized spacial score (nSPS) is 12.0. The molecule has 0 bridgehead atoms. The molecular weight excluding hydrogens is 528 g/mol. The molecule has 0 unspecified atom stereocenters. The third-order valence-electron chi connectivity index (χ3n) is 6.13. The van der Waals surface area contributed by atoms with Crippen LogP contribution in [0.5, 0.6) is 5.75 Å². The summed E-state index contributed by atoms with van der Waals surface area (Å²) in [5.74, 6) is 0.285. The Balaban J connectivity index is 1.92. The SMILES string of the molecule is CCCNC(=O)[C@@H](Cc1ccccc1)N(Cc1ccc(Br)cc1)C(=O)COc1ccccc1C(C)(C)C. The molecule has 1 atom stereocenters. The number of hydrogen-bond donors (Lipinski definition) is 1. The van der Waals surface area contributed by atoms with Crippen LogP contribution in [0.1, 0.15) is 50.8 Å². The van der Waals surface area contributed by atoms with Crippen molar-refractivity contribution in [3.05, 3.63) is 100 Å². The maximum atomic E-state index is 13.8. The smallest absolute Gasteiger partial charge is 0.261 e. The number of carbonyl (C=O) groups is 2. The minimum absolute atomic E-state index is 0.132. The van der Waals surface area contributed by atoms with Crippen LogP contribution in [-0.2, 0) is 28.0 Å². The second kappa shape index (κ2) is 13.4. The van der Waals surface area contributed by atoms with Gasteiger partial charge in [0.05, 0.1) is 0 Å². The fourth-order valence-corrected chi connectivity index (χ4v) is 4.41. The molecule has 6 heteroatoms. The molecule has 0 spiro atoms. The van der Waals surface area contributed by atoms with Crippen molar-refractivity contribution in [2.75, 3.05) is 13.2 Å². The highest BCUT2D eigenvalue weighted by Crippen LogP contribution is 2.31. The van der Waals surface area contributed by atoms with Crippen molar-refractivity contribution in [3.8, 4) is 5.75 Å². The highest BCUT2D eigenvalue weighted by molar-refractivity contribution is 9.10. The monoisotopic (exact) mass is 564 g/mol. The Labute approximate surface area is 229 Å². The molecule has 0 saturated carbocycles. The van der Waals surface area contributed by atoms with Crippen molar-refractivity contribution in [2.24, 2.45) is 0 Å². The van der Waals surface area contributed by atoms with E-state index in [1.165, 1.54) is 0 Å². The average molecular weight is 566 g/mol. The Morgan fingerprint density at radius 1 is 0.919 bits per heavy atom. The van der Waals surface area contributed by atoms with E-state index in [1.54, 1.807) is 4.90 Å². The van der Waals surface area contributed by atoms with Gasteiger partial charge in [-0.05, 0) is 46.7 Å². The molecule has 0 radical (unpaired) electrons. The Hall–Kier alpha value is -3.12. The average Bonchev–Trinajstić information content (AvgIpc) is 2.89. The zero-order valence-electron chi connectivity index (χ0n) is 22.2. The Morgan fingerprint density at radius 3 is 2.22 bits per heavy atom. The lowest BCUT2D eigenvalue weighted by Crippen LogP contribution is -2.51. The molecule has 3 rings (SSSR count). The third kappa shape index (κ3) is 8.46. The van der Waals surface area contributed by atoms with Gasteiger partial charge < -0.3 is 15.0 Å². The van der Waals surface area contributed by atoms with Crippen molar-refractivity contribution in [1.82, 2.24) is 10.2 Å². The number of amides is 2. The Bertz CT molecular complexity index is 1160. The first-order valence-electron chi connectivity index (χ1n) is 12.8. The van der Waals surface area contributed by atoms with E-state index in [4.69, 9.17) is 4.74 Å². The van der Waals surface area contributed by atoms with Crippen LogP contribution in [0.3, 0.4) is 0 Å². The number of hydrogen-bond acceptors (Lipinski definition) is 3. The number of halogens is 1. The van der Waals surface area contributed by atoms with Crippen molar-refractivity contribution in [2.45, 2.75) is 58.5 Å². The summed E-state index contributed by atoms with van der Waals surface area (Å²) in [6.07, 6.45) is 1.23. The molecular formula is C31H37BrN2O3. The van der Waals surface area contributed by atoms with E-state index in [9.17, 15) is 9.59 Å². The van der Waals surface area contributed by atoms with Crippen molar-refractivity contribution in [1.29, 1.82) is 0 Å². The molecule has 0 fully saturated rings. The minimum Gasteiger partial charge on any atom is -0.483 e. The van der Waals surface area contributed by atoms with E-state index in [0.717, 1.165) is 27.6 Å². The highest BCUT2D eigenvalue weighted by Gasteiger charge is 2.31. The van der Waals surface area contributed by atoms with Crippen LogP contribution in [0.25, 0.3) is 0 Å². The van der Waals surface area contributed by atoms with Gasteiger partial charge in [0.2, 0.25) is 5.91 Å². The number of rotatable bonds is 11. The minimum atomic E-state index is -0.674. The summed E-state index contributed by atoms with van der Waals surface area (Å²) in [6, 6.07) is 24.7. The predicted octanol–water partition coefficient (Wildman–Crippen LogP) is 6.29. The molecule has 0 aliphatic rings. The maximum Gasteiger partial charge on any atom is 0.261 e. The number of para-hydroxylation sites is 1. The first-order chi connectivity index (χ1) is 17.7. The van der Waals surface area contributed by atoms with Gasteiger partial charge in [-0.25, -0.2) is 0 Å². The molecule has 0 aromatic heterocycles. The van der Waals surface area contributed by atoms with Crippen LogP contribution in [0.15, 0.2) is 83.3 Å². The first-order valence-corrected chi connectivity index (χ1v) is 13.6. The van der Waals surface area contributed by atoms with Crippen LogP contribution in [0.2, 0.25) is 0 Å². The van der Waals surface area contributed by atoms with Gasteiger partial charge in [-0.2, -0.15) is 0 Å². The third-order valence-corrected chi connectivity index (χ3v) is 6.66. The Morgan fingerprint density at radius 2 is 1.57 bits per heavy atom. The lowest BCUT2D eigenvalue weighted by Gasteiger charge is -2.32. The van der Waals surface area contributed by atoms with E-state index >= 15 is 0 Å². The van der Waals surface area contributed by atoms with Crippen molar-refractivity contribution >= 4 is 27.7 Å². The summed E-state index contributed by atoms with van der Waals surface area (Å²) in [5, 5.41) is 3.00. The molecule has 3 aromatic rings. The topological polar surface area (TPSA) is 58.6 Å². The maximum absolute atomic E-state index is 13.8. The zero-order chi connectivity index (χ0) is 26.8. The zero-order valence-corrected chi connectivity index (χ0v) is 23.8. The fraction of sp³-hybridized carbons (Fsp3) is 0.355. The van der Waals surface area contributed by atoms with Gasteiger partial charge in [-0.1, -0.05) is 104 Å². The molecule has 2 amide bonds. The summed E-state index contributed by atoms with van der Waals surface area (Å²) in [7, 11) is 0. The van der Waals surface area contributed by atoms with Gasteiger partial charge in [0, 0.05) is 24.0 Å². The number of nitrogens with one attached hydrogen (secondary N) is 1. The molecule has 196 valence electrons. The van der Waals surface area contributed by atoms with Gasteiger partial charge in [0.15, 0.2) is 6.61 Å². The summed E-state index contributed by atoms with van der Waals surface area (Å²) in [5.41, 5.74) is 2.83. The van der Waals surface area contributed by atoms with Crippen LogP contribution in [-0.4, -0.2) is 35.9 Å². The van der Waals surface area contributed by atoms with Crippen LogP contribution >= 0.6 is 15.9 Å². The summed E-state index contributed by atoms with van der Waals surface area (Å²) in [4.78, 5) is 28.8. The fourth-order valence-electron chi connectivity index (χ4n) is 4.14. The van der Waals surface area contributed by atoms with E-state index in [1.807, 2.05) is 85.8 Å². The number of benzene rings is 3. The summed E-state index contributed by atoms with van der Waals surface area (Å²) in [6.45, 7) is 9.06. The Kier molecular flexibility index (Phi) is 10.3. The molecule has 3 aromatic carbocycles. The first kappa shape index (κ1) is 28.5. The van der Waals surface area contributed by atoms with Gasteiger partial charge in [-0.3, -0.25) is 9.59 Å². The molecule has 0 aliphatic heterocycles. The second-order valence-electron chi connectivity index (χ2n) is 10.2. The standard InChI is InChI=1S/C31H37BrN2O3/c1-5-19-33-30(36)27(20-23-11-7-6-8-12-23)34(21-24-15-17-25(32)18-16-24)29(35)22-37-28-14-10-9-13-26(28)31(2,3)4/h6-18,27H,5,19-22H2,1-4H3,(H,33,36)/t27-/m1/s1. The molecule has 1 N–H and O–H groups in total. The van der Waals surface area contributed by atoms with Gasteiger partial charge in [0.1, 0.15) is 11.8 Å². The molecule has 37 heavy (non-hydrogen) atoms. The van der Waals surface area contributed by atoms with Gasteiger partial charge in [0.25, 0.3) is 5.91 Å². The van der Waals surface area contributed by atoms with E-state index in [-0.39, 0.29) is 23.8 Å². The summed E-state index contributed by atoms with van der Waals surface area (Å²) >= 11 is 3.47. The highest BCUT2D eigenvalue weighted by atomic mass is 79.9. The summed E-state index contributed by atoms with van der Waals surface area (Å²) < 4.78 is 7.05. The second-order valence-corrected chi connectivity index (χ2v) is 11.1. The number of nitrogens with zero attached hydrogens (tertiary/aromatic N) is 1. The van der Waals surface area contributed by atoms with Crippen molar-refractivity contribution < 1.29 is 14.3 Å². The van der Waals surface area contributed by atoms with Crippen LogP contribution in [0.4, 0.5) is 0 Å². The van der Waals surface area contributed by atoms with E-state index in [0.29, 0.717) is 25.3 Å². The van der Waals surface area contributed by atoms with Crippen LogP contribution in [0, 0.1) is 0 Å². The van der Waals surface area contributed by atoms with Gasteiger partial charge >= 0.3 is 0 Å². The van der Waals surface area contributed by atoms with Gasteiger partial charge in [-0.15, -0.1) is 0 Å². The molecule has 5 nitrogen and oxygen atoms in total. The quantitative estimate of drug-likeness (QED) is 0.297. The predicted molar refractivity (Wildman–Crippen MR) is 153 cm³/mol. The molecule has 0 saturated heterocycles. The van der Waals surface area contributed by atoms with E-state index < -0.39 is 6.04 Å². The van der Waals surface area contributed by atoms with E-state index in [2.05, 4.69) is 42.0 Å². The molecule has 0 aliphatic carbocycles. The largest absolute Gasteiger partial charge is 0.483 e. The van der Waals surface area contributed by atoms with Crippen molar-refractivity contribution in [3.63, 3.8) is 0 Å². The number of carbonyl (C=O) groups excluding carboxylic acids is 2. The number of ether oxygens (including phenoxy) is 1.